The Morgan fingerprint density at radius 2 is 1.79 bits per heavy atom. The van der Waals surface area contributed by atoms with E-state index in [1.54, 1.807) is 25.1 Å². The van der Waals surface area contributed by atoms with Gasteiger partial charge in [-0.1, -0.05) is 12.1 Å². The Bertz CT molecular complexity index is 591. The number of hydrogen-bond donors (Lipinski definition) is 0. The Morgan fingerprint density at radius 1 is 1.11 bits per heavy atom. The Balaban J connectivity index is 2.37. The first-order valence-electron chi connectivity index (χ1n) is 5.73. The minimum atomic E-state index is -0.463. The molecule has 0 heterocycles. The zero-order valence-corrected chi connectivity index (χ0v) is 10.6. The summed E-state index contributed by atoms with van der Waals surface area (Å²) in [4.78, 5) is 11.7. The number of esters is 1. The lowest BCUT2D eigenvalue weighted by atomic mass is 10.1. The summed E-state index contributed by atoms with van der Waals surface area (Å²) < 4.78 is 23.2. The first-order chi connectivity index (χ1) is 9.11. The molecule has 0 atom stereocenters. The number of halogens is 1. The standard InChI is InChI=1S/C15H13FO3/c1-10-4-3-5-13(14(10)15(17)18-2)19-12-8-6-11(16)7-9-12/h3-9H,1-2H3. The van der Waals surface area contributed by atoms with Crippen molar-refractivity contribution in [2.75, 3.05) is 7.11 Å². The van der Waals surface area contributed by atoms with E-state index < -0.39 is 5.97 Å². The first-order valence-corrected chi connectivity index (χ1v) is 5.73. The largest absolute Gasteiger partial charge is 0.465 e. The van der Waals surface area contributed by atoms with Crippen molar-refractivity contribution < 1.29 is 18.7 Å². The molecule has 2 aromatic rings. The van der Waals surface area contributed by atoms with Gasteiger partial charge < -0.3 is 9.47 Å². The summed E-state index contributed by atoms with van der Waals surface area (Å²) in [6, 6.07) is 10.8. The van der Waals surface area contributed by atoms with Crippen LogP contribution in [0.15, 0.2) is 42.5 Å². The van der Waals surface area contributed by atoms with Crippen LogP contribution >= 0.6 is 0 Å². The molecule has 2 aromatic carbocycles. The molecule has 0 fully saturated rings. The lowest BCUT2D eigenvalue weighted by Crippen LogP contribution is -2.06. The molecule has 0 aliphatic carbocycles. The second-order valence-corrected chi connectivity index (χ2v) is 4.00. The maximum Gasteiger partial charge on any atom is 0.341 e. The normalized spacial score (nSPS) is 10.1. The highest BCUT2D eigenvalue weighted by Crippen LogP contribution is 2.28. The van der Waals surface area contributed by atoms with Gasteiger partial charge in [0.15, 0.2) is 0 Å². The third-order valence-electron chi connectivity index (χ3n) is 2.67. The number of hydrogen-bond acceptors (Lipinski definition) is 3. The smallest absolute Gasteiger partial charge is 0.341 e. The quantitative estimate of drug-likeness (QED) is 0.789. The van der Waals surface area contributed by atoms with E-state index in [1.165, 1.54) is 31.4 Å². The van der Waals surface area contributed by atoms with E-state index in [0.29, 0.717) is 17.1 Å². The summed E-state index contributed by atoms with van der Waals surface area (Å²) >= 11 is 0. The van der Waals surface area contributed by atoms with E-state index in [2.05, 4.69) is 0 Å². The number of carbonyl (C=O) groups is 1. The van der Waals surface area contributed by atoms with Crippen LogP contribution in [0.5, 0.6) is 11.5 Å². The first kappa shape index (κ1) is 13.1. The van der Waals surface area contributed by atoms with Crippen molar-refractivity contribution in [1.29, 1.82) is 0 Å². The molecule has 0 spiro atoms. The van der Waals surface area contributed by atoms with E-state index in [4.69, 9.17) is 9.47 Å². The number of methoxy groups -OCH3 is 1. The molecule has 0 N–H and O–H groups in total. The van der Waals surface area contributed by atoms with Crippen LogP contribution in [0.3, 0.4) is 0 Å². The molecular weight excluding hydrogens is 247 g/mol. The Hall–Kier alpha value is -2.36. The van der Waals surface area contributed by atoms with Crippen LogP contribution in [0.4, 0.5) is 4.39 Å². The molecule has 0 aliphatic rings. The predicted molar refractivity (Wildman–Crippen MR) is 69.0 cm³/mol. The summed E-state index contributed by atoms with van der Waals surface area (Å²) in [6.07, 6.45) is 0. The van der Waals surface area contributed by atoms with Crippen LogP contribution in [0.25, 0.3) is 0 Å². The number of benzene rings is 2. The van der Waals surface area contributed by atoms with Crippen molar-refractivity contribution in [2.24, 2.45) is 0 Å². The summed E-state index contributed by atoms with van der Waals surface area (Å²) in [5.41, 5.74) is 1.13. The Kier molecular flexibility index (Phi) is 3.80. The van der Waals surface area contributed by atoms with E-state index >= 15 is 0 Å². The molecule has 0 saturated heterocycles. The highest BCUT2D eigenvalue weighted by Gasteiger charge is 2.16. The van der Waals surface area contributed by atoms with Gasteiger partial charge in [-0.3, -0.25) is 0 Å². The molecule has 3 nitrogen and oxygen atoms in total. The molecule has 0 aromatic heterocycles. The fraction of sp³-hybridized carbons (Fsp3) is 0.133. The zero-order valence-electron chi connectivity index (χ0n) is 10.6. The van der Waals surface area contributed by atoms with Crippen molar-refractivity contribution in [1.82, 2.24) is 0 Å². The lowest BCUT2D eigenvalue weighted by Gasteiger charge is -2.11. The van der Waals surface area contributed by atoms with Crippen LogP contribution in [0.1, 0.15) is 15.9 Å². The maximum absolute atomic E-state index is 12.8. The van der Waals surface area contributed by atoms with Crippen LogP contribution < -0.4 is 4.74 Å². The third kappa shape index (κ3) is 2.91. The SMILES string of the molecule is COC(=O)c1c(C)cccc1Oc1ccc(F)cc1. The van der Waals surface area contributed by atoms with Gasteiger partial charge in [0, 0.05) is 0 Å². The highest BCUT2D eigenvalue weighted by atomic mass is 19.1. The molecular formula is C15H13FO3. The topological polar surface area (TPSA) is 35.5 Å². The van der Waals surface area contributed by atoms with Gasteiger partial charge in [0.1, 0.15) is 22.9 Å². The van der Waals surface area contributed by atoms with Gasteiger partial charge in [0.25, 0.3) is 0 Å². The summed E-state index contributed by atoms with van der Waals surface area (Å²) in [7, 11) is 1.32. The summed E-state index contributed by atoms with van der Waals surface area (Å²) in [5.74, 6) is 0.0376. The van der Waals surface area contributed by atoms with E-state index in [-0.39, 0.29) is 5.82 Å². The summed E-state index contributed by atoms with van der Waals surface area (Å²) in [5, 5.41) is 0. The maximum atomic E-state index is 12.8. The van der Waals surface area contributed by atoms with Gasteiger partial charge in [-0.15, -0.1) is 0 Å². The van der Waals surface area contributed by atoms with Crippen molar-refractivity contribution in [3.05, 3.63) is 59.4 Å². The van der Waals surface area contributed by atoms with Crippen molar-refractivity contribution >= 4 is 5.97 Å². The average Bonchev–Trinajstić information content (AvgIpc) is 2.41. The third-order valence-corrected chi connectivity index (χ3v) is 2.67. The van der Waals surface area contributed by atoms with Gasteiger partial charge in [-0.25, -0.2) is 9.18 Å². The van der Waals surface area contributed by atoms with Gasteiger partial charge in [0.2, 0.25) is 0 Å². The highest BCUT2D eigenvalue weighted by molar-refractivity contribution is 5.94. The molecule has 2 rings (SSSR count). The lowest BCUT2D eigenvalue weighted by molar-refractivity contribution is 0.0597. The van der Waals surface area contributed by atoms with Gasteiger partial charge in [-0.2, -0.15) is 0 Å². The number of rotatable bonds is 3. The Labute approximate surface area is 110 Å². The molecule has 0 bridgehead atoms. The minimum absolute atomic E-state index is 0.343. The minimum Gasteiger partial charge on any atom is -0.465 e. The van der Waals surface area contributed by atoms with Crippen LogP contribution in [-0.4, -0.2) is 13.1 Å². The van der Waals surface area contributed by atoms with Crippen molar-refractivity contribution in [3.63, 3.8) is 0 Å². The molecule has 98 valence electrons. The van der Waals surface area contributed by atoms with Crippen molar-refractivity contribution in [3.8, 4) is 11.5 Å². The number of carbonyl (C=O) groups excluding carboxylic acids is 1. The zero-order chi connectivity index (χ0) is 13.8. The van der Waals surface area contributed by atoms with Crippen molar-refractivity contribution in [2.45, 2.75) is 6.92 Å². The van der Waals surface area contributed by atoms with E-state index in [9.17, 15) is 9.18 Å². The van der Waals surface area contributed by atoms with Gasteiger partial charge >= 0.3 is 5.97 Å². The molecule has 4 heteroatoms. The van der Waals surface area contributed by atoms with E-state index in [1.807, 2.05) is 0 Å². The number of ether oxygens (including phenoxy) is 2. The van der Waals surface area contributed by atoms with Gasteiger partial charge in [-0.05, 0) is 42.8 Å². The van der Waals surface area contributed by atoms with Crippen LogP contribution in [0, 0.1) is 12.7 Å². The van der Waals surface area contributed by atoms with Crippen LogP contribution in [-0.2, 0) is 4.74 Å². The summed E-state index contributed by atoms with van der Waals surface area (Å²) in [6.45, 7) is 1.80. The molecule has 0 unspecified atom stereocenters. The van der Waals surface area contributed by atoms with Gasteiger partial charge in [0.05, 0.1) is 7.11 Å². The molecule has 19 heavy (non-hydrogen) atoms. The fourth-order valence-electron chi connectivity index (χ4n) is 1.72. The number of aryl methyl sites for hydroxylation is 1. The van der Waals surface area contributed by atoms with E-state index in [0.717, 1.165) is 5.56 Å². The molecule has 0 amide bonds. The second-order valence-electron chi connectivity index (χ2n) is 4.00. The molecule has 0 saturated carbocycles. The molecule has 0 radical (unpaired) electrons. The average molecular weight is 260 g/mol. The fourth-order valence-corrected chi connectivity index (χ4v) is 1.72. The second kappa shape index (κ2) is 5.52. The van der Waals surface area contributed by atoms with Crippen LogP contribution in [0.2, 0.25) is 0 Å². The monoisotopic (exact) mass is 260 g/mol. The molecule has 0 aliphatic heterocycles. The Morgan fingerprint density at radius 3 is 2.42 bits per heavy atom. The predicted octanol–water partition coefficient (Wildman–Crippen LogP) is 3.71.